The summed E-state index contributed by atoms with van der Waals surface area (Å²) < 4.78 is 10.7. The lowest BCUT2D eigenvalue weighted by molar-refractivity contribution is -0.196. The third kappa shape index (κ3) is 4.95. The first-order valence-electron chi connectivity index (χ1n) is 7.40. The summed E-state index contributed by atoms with van der Waals surface area (Å²) in [7, 11) is -2.12. The molecule has 0 aromatic heterocycles. The maximum absolute atomic E-state index is 11.8. The number of hydrogen-bond acceptors (Lipinski definition) is 3. The Morgan fingerprint density at radius 1 is 1.05 bits per heavy atom. The molecule has 0 bridgehead atoms. The van der Waals surface area contributed by atoms with E-state index in [0.717, 1.165) is 11.1 Å². The monoisotopic (exact) mass is 311 g/mol. The molecule has 1 rings (SSSR count). The van der Waals surface area contributed by atoms with Gasteiger partial charge in [-0.25, -0.2) is 0 Å². The first kappa shape index (κ1) is 18.4. The van der Waals surface area contributed by atoms with E-state index >= 15 is 0 Å². The van der Waals surface area contributed by atoms with Gasteiger partial charge in [0.2, 0.25) is 0 Å². The van der Waals surface area contributed by atoms with Crippen LogP contribution in [0.25, 0.3) is 0 Å². The first-order chi connectivity index (χ1) is 9.46. The third-order valence-electron chi connectivity index (χ3n) is 3.35. The van der Waals surface area contributed by atoms with E-state index in [4.69, 9.17) is 9.05 Å². The second-order valence-electron chi connectivity index (χ2n) is 7.40. The summed E-state index contributed by atoms with van der Waals surface area (Å²) in [6.07, 6.45) is 0. The van der Waals surface area contributed by atoms with Crippen molar-refractivity contribution >= 4 is 8.60 Å². The second kappa shape index (κ2) is 6.64. The van der Waals surface area contributed by atoms with Crippen molar-refractivity contribution in [2.45, 2.75) is 66.2 Å². The highest BCUT2D eigenvalue weighted by Gasteiger charge is 2.25. The molecule has 0 aliphatic rings. The minimum Gasteiger partial charge on any atom is -0.776 e. The predicted octanol–water partition coefficient (Wildman–Crippen LogP) is 4.59. The van der Waals surface area contributed by atoms with E-state index in [1.54, 1.807) is 6.92 Å². The molecule has 0 amide bonds. The molecule has 0 spiro atoms. The summed E-state index contributed by atoms with van der Waals surface area (Å²) >= 11 is 0. The normalized spacial score (nSPS) is 14.1. The minimum atomic E-state index is -2.12. The molecule has 0 N–H and O–H groups in total. The van der Waals surface area contributed by atoms with Gasteiger partial charge >= 0.3 is 0 Å². The van der Waals surface area contributed by atoms with Gasteiger partial charge < -0.3 is 13.9 Å². The predicted molar refractivity (Wildman–Crippen MR) is 87.8 cm³/mol. The summed E-state index contributed by atoms with van der Waals surface area (Å²) in [5.74, 6) is 0.685. The minimum absolute atomic E-state index is 0.0609. The molecule has 0 aliphatic heterocycles. The van der Waals surface area contributed by atoms with E-state index in [1.165, 1.54) is 5.56 Å². The Morgan fingerprint density at radius 3 is 2.05 bits per heavy atom. The molecule has 0 saturated heterocycles. The Labute approximate surface area is 130 Å². The fourth-order valence-corrected chi connectivity index (χ4v) is 2.75. The van der Waals surface area contributed by atoms with E-state index in [0.29, 0.717) is 12.4 Å². The highest BCUT2D eigenvalue weighted by atomic mass is 31.2. The number of benzene rings is 1. The van der Waals surface area contributed by atoms with E-state index in [-0.39, 0.29) is 10.8 Å². The van der Waals surface area contributed by atoms with Crippen molar-refractivity contribution < 1.29 is 13.9 Å². The van der Waals surface area contributed by atoms with Gasteiger partial charge in [-0.1, -0.05) is 53.7 Å². The number of rotatable bonds is 4. The van der Waals surface area contributed by atoms with Crippen molar-refractivity contribution in [2.24, 2.45) is 0 Å². The van der Waals surface area contributed by atoms with Crippen LogP contribution >= 0.6 is 8.60 Å². The molecule has 1 atom stereocenters. The summed E-state index contributed by atoms with van der Waals surface area (Å²) in [4.78, 5) is 11.8. The molecule has 21 heavy (non-hydrogen) atoms. The molecular weight excluding hydrogens is 283 g/mol. The largest absolute Gasteiger partial charge is 0.776 e. The Balaban J connectivity index is 3.36. The van der Waals surface area contributed by atoms with Gasteiger partial charge in [-0.2, -0.15) is 0 Å². The molecule has 0 radical (unpaired) electrons. The van der Waals surface area contributed by atoms with Gasteiger partial charge in [-0.15, -0.1) is 0 Å². The van der Waals surface area contributed by atoms with Crippen LogP contribution in [0.5, 0.6) is 5.75 Å². The zero-order chi connectivity index (χ0) is 16.4. The molecule has 0 aliphatic carbocycles. The zero-order valence-electron chi connectivity index (χ0n) is 14.5. The van der Waals surface area contributed by atoms with Crippen LogP contribution in [0.1, 0.15) is 65.2 Å². The lowest BCUT2D eigenvalue weighted by atomic mass is 9.79. The van der Waals surface area contributed by atoms with E-state index < -0.39 is 8.60 Å². The lowest BCUT2D eigenvalue weighted by Gasteiger charge is -2.31. The molecule has 0 heterocycles. The number of aryl methyl sites for hydroxylation is 1. The van der Waals surface area contributed by atoms with Gasteiger partial charge in [0.1, 0.15) is 14.4 Å². The maximum atomic E-state index is 11.8. The van der Waals surface area contributed by atoms with Gasteiger partial charge in [-0.05, 0) is 35.8 Å². The number of hydrogen-bond donors (Lipinski definition) is 0. The molecule has 4 heteroatoms. The van der Waals surface area contributed by atoms with Crippen molar-refractivity contribution in [1.29, 1.82) is 0 Å². The molecule has 0 saturated carbocycles. The summed E-state index contributed by atoms with van der Waals surface area (Å²) in [6, 6.07) is 4.27. The molecule has 120 valence electrons. The van der Waals surface area contributed by atoms with Crippen LogP contribution in [0.15, 0.2) is 12.1 Å². The van der Waals surface area contributed by atoms with Crippen LogP contribution in [0, 0.1) is 6.92 Å². The summed E-state index contributed by atoms with van der Waals surface area (Å²) in [5.41, 5.74) is 3.28. The van der Waals surface area contributed by atoms with Gasteiger partial charge in [0.05, 0.1) is 6.61 Å². The van der Waals surface area contributed by atoms with Gasteiger partial charge in [-0.3, -0.25) is 0 Å². The van der Waals surface area contributed by atoms with E-state index in [9.17, 15) is 4.89 Å². The highest BCUT2D eigenvalue weighted by molar-refractivity contribution is 7.39. The van der Waals surface area contributed by atoms with Crippen molar-refractivity contribution in [3.8, 4) is 5.75 Å². The average molecular weight is 311 g/mol. The first-order valence-corrected chi connectivity index (χ1v) is 8.50. The van der Waals surface area contributed by atoms with Crippen molar-refractivity contribution in [3.05, 3.63) is 28.8 Å². The van der Waals surface area contributed by atoms with Crippen molar-refractivity contribution in [3.63, 3.8) is 0 Å². The van der Waals surface area contributed by atoms with Crippen LogP contribution in [0.2, 0.25) is 0 Å². The smallest absolute Gasteiger partial charge is 0.147 e. The fraction of sp³-hybridized carbons (Fsp3) is 0.647. The fourth-order valence-electron chi connectivity index (χ4n) is 2.09. The molecule has 1 aromatic carbocycles. The lowest BCUT2D eigenvalue weighted by Crippen LogP contribution is -2.19. The van der Waals surface area contributed by atoms with Crippen LogP contribution in [-0.4, -0.2) is 6.61 Å². The van der Waals surface area contributed by atoms with Crippen LogP contribution in [0.3, 0.4) is 0 Å². The van der Waals surface area contributed by atoms with Gasteiger partial charge in [0, 0.05) is 5.56 Å². The van der Waals surface area contributed by atoms with Crippen molar-refractivity contribution in [2.75, 3.05) is 6.61 Å². The van der Waals surface area contributed by atoms with Gasteiger partial charge in [0.25, 0.3) is 0 Å². The Bertz CT molecular complexity index is 484. The third-order valence-corrected chi connectivity index (χ3v) is 4.15. The molecular formula is C17H28O3P-. The van der Waals surface area contributed by atoms with E-state index in [2.05, 4.69) is 53.7 Å². The Kier molecular flexibility index (Phi) is 5.83. The molecule has 0 fully saturated rings. The second-order valence-corrected chi connectivity index (χ2v) is 8.29. The SMILES string of the molecule is CCOP([O-])Oc1c(C)cc(C(C)(C)C)cc1C(C)(C)C. The summed E-state index contributed by atoms with van der Waals surface area (Å²) in [5, 5.41) is 0. The van der Waals surface area contributed by atoms with Gasteiger partial charge in [0.15, 0.2) is 0 Å². The average Bonchev–Trinajstić information content (AvgIpc) is 2.28. The van der Waals surface area contributed by atoms with Crippen LogP contribution in [-0.2, 0) is 15.4 Å². The standard InChI is InChI=1S/C17H28O3P/c1-9-19-21(18)20-15-12(2)10-13(16(3,4)5)11-14(15)17(6,7)8/h10-11H,9H2,1-8H3/q-1. The molecule has 1 aromatic rings. The van der Waals surface area contributed by atoms with Crippen molar-refractivity contribution in [1.82, 2.24) is 0 Å². The zero-order valence-corrected chi connectivity index (χ0v) is 15.4. The van der Waals surface area contributed by atoms with Crippen LogP contribution < -0.4 is 9.42 Å². The maximum Gasteiger partial charge on any atom is 0.147 e. The Hall–Kier alpha value is -0.630. The van der Waals surface area contributed by atoms with E-state index in [1.807, 2.05) is 6.92 Å². The Morgan fingerprint density at radius 2 is 1.62 bits per heavy atom. The topological polar surface area (TPSA) is 41.5 Å². The summed E-state index contributed by atoms with van der Waals surface area (Å²) in [6.45, 7) is 17.1. The molecule has 3 nitrogen and oxygen atoms in total. The quantitative estimate of drug-likeness (QED) is 0.764. The van der Waals surface area contributed by atoms with Crippen LogP contribution in [0.4, 0.5) is 0 Å². The molecule has 1 unspecified atom stereocenters. The highest BCUT2D eigenvalue weighted by Crippen LogP contribution is 2.42.